The van der Waals surface area contributed by atoms with Crippen LogP contribution in [0.2, 0.25) is 0 Å². The fraction of sp³-hybridized carbons (Fsp3) is 0.316. The second-order valence-corrected chi connectivity index (χ2v) is 6.06. The van der Waals surface area contributed by atoms with E-state index in [9.17, 15) is 9.59 Å². The van der Waals surface area contributed by atoms with Gasteiger partial charge in [-0.05, 0) is 36.6 Å². The molecule has 1 aromatic carbocycles. The molecule has 1 fully saturated rings. The Bertz CT molecular complexity index is 688. The lowest BCUT2D eigenvalue weighted by molar-refractivity contribution is -0.121. The molecule has 2 aromatic rings. The van der Waals surface area contributed by atoms with Gasteiger partial charge in [-0.3, -0.25) is 14.6 Å². The summed E-state index contributed by atoms with van der Waals surface area (Å²) >= 11 is 0. The van der Waals surface area contributed by atoms with Crippen LogP contribution >= 0.6 is 0 Å². The van der Waals surface area contributed by atoms with E-state index in [4.69, 9.17) is 0 Å². The molecule has 124 valence electrons. The van der Waals surface area contributed by atoms with Gasteiger partial charge in [0, 0.05) is 37.1 Å². The molecular formula is C19H21N3O2. The summed E-state index contributed by atoms with van der Waals surface area (Å²) in [5.41, 5.74) is 1.59. The van der Waals surface area contributed by atoms with E-state index in [1.807, 2.05) is 47.4 Å². The van der Waals surface area contributed by atoms with E-state index < -0.39 is 0 Å². The van der Waals surface area contributed by atoms with Gasteiger partial charge in [0.15, 0.2) is 0 Å². The third-order valence-corrected chi connectivity index (χ3v) is 4.18. The Balaban J connectivity index is 1.55. The first-order valence-electron chi connectivity index (χ1n) is 8.25. The first-order chi connectivity index (χ1) is 11.7. The average molecular weight is 323 g/mol. The highest BCUT2D eigenvalue weighted by Crippen LogP contribution is 2.14. The number of carbonyl (C=O) groups excluding carboxylic acids is 2. The molecule has 0 aliphatic carbocycles. The number of aromatic nitrogens is 1. The predicted octanol–water partition coefficient (Wildman–Crippen LogP) is 2.05. The number of hydrogen-bond acceptors (Lipinski definition) is 3. The van der Waals surface area contributed by atoms with Crippen molar-refractivity contribution in [2.75, 3.05) is 13.1 Å². The van der Waals surface area contributed by atoms with Gasteiger partial charge in [0.25, 0.3) is 5.91 Å². The molecule has 1 aromatic heterocycles. The number of nitrogens with zero attached hydrogens (tertiary/aromatic N) is 2. The normalized spacial score (nSPS) is 17.3. The van der Waals surface area contributed by atoms with Gasteiger partial charge in [0.2, 0.25) is 5.91 Å². The monoisotopic (exact) mass is 323 g/mol. The number of benzene rings is 1. The number of likely N-dealkylation sites (tertiary alicyclic amines) is 1. The maximum absolute atomic E-state index is 12.5. The van der Waals surface area contributed by atoms with Crippen LogP contribution in [0.15, 0.2) is 54.9 Å². The van der Waals surface area contributed by atoms with Gasteiger partial charge < -0.3 is 10.2 Å². The smallest absolute Gasteiger partial charge is 0.253 e. The molecule has 1 unspecified atom stereocenters. The van der Waals surface area contributed by atoms with Crippen molar-refractivity contribution in [3.05, 3.63) is 66.0 Å². The minimum Gasteiger partial charge on any atom is -0.351 e. The Kier molecular flexibility index (Phi) is 5.21. The molecule has 1 aliphatic heterocycles. The minimum atomic E-state index is -0.0259. The molecule has 0 bridgehead atoms. The molecule has 0 spiro atoms. The number of nitrogens with one attached hydrogen (secondary N) is 1. The molecule has 1 N–H and O–H groups in total. The molecule has 2 heterocycles. The third-order valence-electron chi connectivity index (χ3n) is 4.18. The lowest BCUT2D eigenvalue weighted by Crippen LogP contribution is -2.49. The Hall–Kier alpha value is -2.69. The Morgan fingerprint density at radius 3 is 2.75 bits per heavy atom. The van der Waals surface area contributed by atoms with Crippen molar-refractivity contribution in [2.24, 2.45) is 0 Å². The zero-order chi connectivity index (χ0) is 16.8. The van der Waals surface area contributed by atoms with Crippen molar-refractivity contribution in [3.8, 4) is 0 Å². The van der Waals surface area contributed by atoms with Crippen LogP contribution in [0.25, 0.3) is 0 Å². The van der Waals surface area contributed by atoms with E-state index in [1.165, 1.54) is 0 Å². The highest BCUT2D eigenvalue weighted by molar-refractivity contribution is 5.94. The first-order valence-corrected chi connectivity index (χ1v) is 8.25. The fourth-order valence-corrected chi connectivity index (χ4v) is 3.01. The van der Waals surface area contributed by atoms with Gasteiger partial charge in [0.1, 0.15) is 0 Å². The van der Waals surface area contributed by atoms with E-state index >= 15 is 0 Å². The largest absolute Gasteiger partial charge is 0.351 e. The third kappa shape index (κ3) is 4.19. The number of amides is 2. The Morgan fingerprint density at radius 1 is 1.17 bits per heavy atom. The average Bonchev–Trinajstić information content (AvgIpc) is 2.63. The Labute approximate surface area is 141 Å². The Morgan fingerprint density at radius 2 is 2.00 bits per heavy atom. The molecule has 1 saturated heterocycles. The van der Waals surface area contributed by atoms with E-state index in [2.05, 4.69) is 10.3 Å². The molecule has 5 nitrogen and oxygen atoms in total. The molecule has 1 aliphatic rings. The van der Waals surface area contributed by atoms with Gasteiger partial charge in [-0.15, -0.1) is 0 Å². The van der Waals surface area contributed by atoms with Crippen LogP contribution < -0.4 is 5.32 Å². The second-order valence-electron chi connectivity index (χ2n) is 6.06. The van der Waals surface area contributed by atoms with Crippen LogP contribution in [0.5, 0.6) is 0 Å². The summed E-state index contributed by atoms with van der Waals surface area (Å²) in [5, 5.41) is 3.04. The van der Waals surface area contributed by atoms with Gasteiger partial charge >= 0.3 is 0 Å². The van der Waals surface area contributed by atoms with Crippen LogP contribution in [0.1, 0.15) is 28.8 Å². The first kappa shape index (κ1) is 16.2. The molecule has 0 saturated carbocycles. The van der Waals surface area contributed by atoms with Crippen molar-refractivity contribution in [3.63, 3.8) is 0 Å². The molecule has 3 rings (SSSR count). The van der Waals surface area contributed by atoms with Crippen molar-refractivity contribution in [1.82, 2.24) is 15.2 Å². The minimum absolute atomic E-state index is 0.00980. The van der Waals surface area contributed by atoms with E-state index in [1.54, 1.807) is 12.4 Å². The van der Waals surface area contributed by atoms with Crippen LogP contribution in [0.3, 0.4) is 0 Å². The van der Waals surface area contributed by atoms with E-state index in [-0.39, 0.29) is 17.9 Å². The van der Waals surface area contributed by atoms with Crippen molar-refractivity contribution in [2.45, 2.75) is 25.3 Å². The van der Waals surface area contributed by atoms with Crippen LogP contribution in [-0.2, 0) is 11.2 Å². The summed E-state index contributed by atoms with van der Waals surface area (Å²) in [6.07, 6.45) is 5.51. The lowest BCUT2D eigenvalue weighted by Gasteiger charge is -2.33. The molecular weight excluding hydrogens is 302 g/mol. The summed E-state index contributed by atoms with van der Waals surface area (Å²) in [7, 11) is 0. The number of pyridine rings is 1. The number of hydrogen-bond donors (Lipinski definition) is 1. The topological polar surface area (TPSA) is 62.3 Å². The zero-order valence-corrected chi connectivity index (χ0v) is 13.5. The highest BCUT2D eigenvalue weighted by atomic mass is 16.2. The summed E-state index contributed by atoms with van der Waals surface area (Å²) < 4.78 is 0. The van der Waals surface area contributed by atoms with Crippen LogP contribution in [-0.4, -0.2) is 40.8 Å². The summed E-state index contributed by atoms with van der Waals surface area (Å²) in [4.78, 5) is 30.6. The predicted molar refractivity (Wildman–Crippen MR) is 91.5 cm³/mol. The number of piperidine rings is 1. The maximum atomic E-state index is 12.5. The molecule has 1 atom stereocenters. The molecule has 5 heteroatoms. The lowest BCUT2D eigenvalue weighted by atomic mass is 10.0. The van der Waals surface area contributed by atoms with Gasteiger partial charge in [-0.25, -0.2) is 0 Å². The molecule has 2 amide bonds. The SMILES string of the molecule is O=C(Cc1cccnc1)NC1CCCN(C(=O)c2ccccc2)C1. The van der Waals surface area contributed by atoms with Gasteiger partial charge in [-0.2, -0.15) is 0 Å². The quantitative estimate of drug-likeness (QED) is 0.936. The summed E-state index contributed by atoms with van der Waals surface area (Å²) in [6, 6.07) is 13.0. The van der Waals surface area contributed by atoms with Crippen molar-refractivity contribution in [1.29, 1.82) is 0 Å². The number of carbonyl (C=O) groups is 2. The highest BCUT2D eigenvalue weighted by Gasteiger charge is 2.25. The van der Waals surface area contributed by atoms with E-state index in [0.717, 1.165) is 24.9 Å². The van der Waals surface area contributed by atoms with Gasteiger partial charge in [0.05, 0.1) is 6.42 Å². The maximum Gasteiger partial charge on any atom is 0.253 e. The van der Waals surface area contributed by atoms with Crippen molar-refractivity contribution >= 4 is 11.8 Å². The van der Waals surface area contributed by atoms with E-state index in [0.29, 0.717) is 18.5 Å². The van der Waals surface area contributed by atoms with Crippen molar-refractivity contribution < 1.29 is 9.59 Å². The fourth-order valence-electron chi connectivity index (χ4n) is 3.01. The van der Waals surface area contributed by atoms with Crippen LogP contribution in [0, 0.1) is 0 Å². The molecule has 0 radical (unpaired) electrons. The summed E-state index contributed by atoms with van der Waals surface area (Å²) in [5.74, 6) is 0.00354. The standard InChI is InChI=1S/C19H21N3O2/c23-18(12-15-6-4-10-20-13-15)21-17-9-5-11-22(14-17)19(24)16-7-2-1-3-8-16/h1-4,6-8,10,13,17H,5,9,11-12,14H2,(H,21,23). The summed E-state index contributed by atoms with van der Waals surface area (Å²) in [6.45, 7) is 1.30. The second kappa shape index (κ2) is 7.73. The zero-order valence-electron chi connectivity index (χ0n) is 13.5. The molecule has 24 heavy (non-hydrogen) atoms. The van der Waals surface area contributed by atoms with Gasteiger partial charge in [-0.1, -0.05) is 24.3 Å². The number of rotatable bonds is 4. The van der Waals surface area contributed by atoms with Crippen LogP contribution in [0.4, 0.5) is 0 Å².